The molecule has 0 spiro atoms. The Kier molecular flexibility index (Phi) is 3.54. The van der Waals surface area contributed by atoms with Crippen molar-refractivity contribution in [1.82, 2.24) is 4.98 Å². The highest BCUT2D eigenvalue weighted by molar-refractivity contribution is 5.70. The molecule has 1 aromatic rings. The molecule has 1 heterocycles. The molecule has 1 aromatic heterocycles. The number of carboxylic acids is 1. The average Bonchev–Trinajstić information content (AvgIpc) is 2.30. The maximum Gasteiger partial charge on any atom is 0.307 e. The maximum absolute atomic E-state index is 10.8. The van der Waals surface area contributed by atoms with Crippen LogP contribution < -0.4 is 0 Å². The molecule has 1 aliphatic rings. The third-order valence-electron chi connectivity index (χ3n) is 3.24. The van der Waals surface area contributed by atoms with E-state index in [4.69, 9.17) is 5.11 Å². The summed E-state index contributed by atoms with van der Waals surface area (Å²) in [6.45, 7) is 0. The van der Waals surface area contributed by atoms with Gasteiger partial charge in [0.25, 0.3) is 0 Å². The lowest BCUT2D eigenvalue weighted by Gasteiger charge is -2.23. The Morgan fingerprint density at radius 2 is 2.19 bits per heavy atom. The molecular weight excluding hydrogens is 202 g/mol. The van der Waals surface area contributed by atoms with Crippen molar-refractivity contribution in [3.05, 3.63) is 29.6 Å². The third-order valence-corrected chi connectivity index (χ3v) is 3.24. The summed E-state index contributed by atoms with van der Waals surface area (Å²) in [4.78, 5) is 14.8. The highest BCUT2D eigenvalue weighted by atomic mass is 16.4. The predicted octanol–water partition coefficient (Wildman–Crippen LogP) is 2.56. The van der Waals surface area contributed by atoms with Crippen molar-refractivity contribution in [2.75, 3.05) is 0 Å². The first kappa shape index (κ1) is 11.1. The number of carbonyl (C=O) groups is 1. The first-order valence-electron chi connectivity index (χ1n) is 5.84. The van der Waals surface area contributed by atoms with Crippen LogP contribution in [0, 0.1) is 6.20 Å². The molecule has 0 saturated heterocycles. The molecule has 1 saturated carbocycles. The summed E-state index contributed by atoms with van der Waals surface area (Å²) in [7, 11) is 0. The van der Waals surface area contributed by atoms with Gasteiger partial charge in [-0.25, -0.2) is 0 Å². The molecule has 1 N–H and O–H groups in total. The van der Waals surface area contributed by atoms with Gasteiger partial charge in [0.1, 0.15) is 0 Å². The lowest BCUT2D eigenvalue weighted by molar-refractivity contribution is -0.136. The number of hydrogen-bond donors (Lipinski definition) is 1. The molecular formula is C13H16NO2. The van der Waals surface area contributed by atoms with Crippen molar-refractivity contribution in [3.8, 4) is 0 Å². The van der Waals surface area contributed by atoms with Gasteiger partial charge in [-0.3, -0.25) is 9.78 Å². The molecule has 1 aliphatic carbocycles. The molecule has 1 radical (unpaired) electrons. The fourth-order valence-corrected chi connectivity index (χ4v) is 2.46. The number of hydrogen-bond acceptors (Lipinski definition) is 2. The minimum Gasteiger partial charge on any atom is -0.481 e. The minimum atomic E-state index is -0.781. The SMILES string of the molecule is O=C(O)Cc1ccn[c]c1C1CCCCC1. The van der Waals surface area contributed by atoms with Crippen molar-refractivity contribution in [3.63, 3.8) is 0 Å². The van der Waals surface area contributed by atoms with E-state index in [9.17, 15) is 4.79 Å². The Hall–Kier alpha value is -1.38. The lowest BCUT2D eigenvalue weighted by atomic mass is 9.82. The second kappa shape index (κ2) is 5.10. The van der Waals surface area contributed by atoms with Crippen LogP contribution in [0.1, 0.15) is 49.1 Å². The summed E-state index contributed by atoms with van der Waals surface area (Å²) in [5, 5.41) is 8.86. The topological polar surface area (TPSA) is 50.2 Å². The van der Waals surface area contributed by atoms with Crippen LogP contribution in [-0.4, -0.2) is 16.1 Å². The van der Waals surface area contributed by atoms with Crippen LogP contribution in [0.5, 0.6) is 0 Å². The number of aromatic nitrogens is 1. The molecule has 0 atom stereocenters. The summed E-state index contributed by atoms with van der Waals surface area (Å²) in [5.74, 6) is -0.312. The second-order valence-corrected chi connectivity index (χ2v) is 4.40. The van der Waals surface area contributed by atoms with Crippen LogP contribution >= 0.6 is 0 Å². The van der Waals surface area contributed by atoms with Crippen molar-refractivity contribution in [2.24, 2.45) is 0 Å². The largest absolute Gasteiger partial charge is 0.481 e. The van der Waals surface area contributed by atoms with E-state index in [1.807, 2.05) is 6.07 Å². The van der Waals surface area contributed by atoms with E-state index in [0.717, 1.165) is 24.0 Å². The summed E-state index contributed by atoms with van der Waals surface area (Å²) in [5.41, 5.74) is 1.92. The van der Waals surface area contributed by atoms with E-state index in [0.29, 0.717) is 5.92 Å². The molecule has 1 fully saturated rings. The minimum absolute atomic E-state index is 0.0881. The van der Waals surface area contributed by atoms with Crippen LogP contribution in [0.2, 0.25) is 0 Å². The van der Waals surface area contributed by atoms with Gasteiger partial charge in [0.05, 0.1) is 12.6 Å². The standard InChI is InChI=1S/C13H16NO2/c15-13(16)8-11-6-7-14-9-12(11)10-4-2-1-3-5-10/h6-7,10H,1-5,8H2,(H,15,16). The Balaban J connectivity index is 2.20. The van der Waals surface area contributed by atoms with Crippen LogP contribution in [0.3, 0.4) is 0 Å². The Morgan fingerprint density at radius 1 is 1.44 bits per heavy atom. The second-order valence-electron chi connectivity index (χ2n) is 4.40. The van der Waals surface area contributed by atoms with Gasteiger partial charge in [0.2, 0.25) is 0 Å². The van der Waals surface area contributed by atoms with E-state index in [2.05, 4.69) is 11.2 Å². The third kappa shape index (κ3) is 2.60. The monoisotopic (exact) mass is 218 g/mol. The number of carboxylic acid groups (broad SMARTS) is 1. The maximum atomic E-state index is 10.8. The molecule has 85 valence electrons. The lowest BCUT2D eigenvalue weighted by Crippen LogP contribution is -2.10. The molecule has 0 unspecified atom stereocenters. The van der Waals surface area contributed by atoms with Gasteiger partial charge in [-0.05, 0) is 36.0 Å². The van der Waals surface area contributed by atoms with Gasteiger partial charge in [-0.2, -0.15) is 0 Å². The molecule has 0 aliphatic heterocycles. The van der Waals surface area contributed by atoms with Gasteiger partial charge in [0.15, 0.2) is 0 Å². The first-order valence-corrected chi connectivity index (χ1v) is 5.84. The highest BCUT2D eigenvalue weighted by Gasteiger charge is 2.19. The van der Waals surface area contributed by atoms with Crippen molar-refractivity contribution < 1.29 is 9.90 Å². The highest BCUT2D eigenvalue weighted by Crippen LogP contribution is 2.33. The van der Waals surface area contributed by atoms with Crippen LogP contribution in [0.4, 0.5) is 0 Å². The molecule has 0 amide bonds. The van der Waals surface area contributed by atoms with Crippen molar-refractivity contribution >= 4 is 5.97 Å². The predicted molar refractivity (Wildman–Crippen MR) is 60.2 cm³/mol. The number of rotatable bonds is 3. The van der Waals surface area contributed by atoms with Gasteiger partial charge < -0.3 is 5.11 Å². The van der Waals surface area contributed by atoms with Crippen molar-refractivity contribution in [1.29, 1.82) is 0 Å². The zero-order valence-corrected chi connectivity index (χ0v) is 9.28. The quantitative estimate of drug-likeness (QED) is 0.848. The number of nitrogens with zero attached hydrogens (tertiary/aromatic N) is 1. The Bertz CT molecular complexity index is 370. The van der Waals surface area contributed by atoms with E-state index in [1.165, 1.54) is 19.3 Å². The van der Waals surface area contributed by atoms with E-state index < -0.39 is 5.97 Å². The van der Waals surface area contributed by atoms with E-state index in [1.54, 1.807) is 6.20 Å². The molecule has 3 nitrogen and oxygen atoms in total. The van der Waals surface area contributed by atoms with Gasteiger partial charge >= 0.3 is 5.97 Å². The number of pyridine rings is 1. The smallest absolute Gasteiger partial charge is 0.307 e. The molecule has 0 bridgehead atoms. The Morgan fingerprint density at radius 3 is 2.88 bits per heavy atom. The van der Waals surface area contributed by atoms with E-state index in [-0.39, 0.29) is 6.42 Å². The summed E-state index contributed by atoms with van der Waals surface area (Å²) in [6, 6.07) is 1.81. The van der Waals surface area contributed by atoms with E-state index >= 15 is 0 Å². The fraction of sp³-hybridized carbons (Fsp3) is 0.538. The number of aliphatic carboxylic acids is 1. The van der Waals surface area contributed by atoms with Gasteiger partial charge in [0, 0.05) is 6.20 Å². The van der Waals surface area contributed by atoms with Crippen LogP contribution in [0.15, 0.2) is 12.3 Å². The van der Waals surface area contributed by atoms with Crippen LogP contribution in [-0.2, 0) is 11.2 Å². The average molecular weight is 218 g/mol. The molecule has 0 aromatic carbocycles. The van der Waals surface area contributed by atoms with Crippen LogP contribution in [0.25, 0.3) is 0 Å². The molecule has 3 heteroatoms. The van der Waals surface area contributed by atoms with Crippen molar-refractivity contribution in [2.45, 2.75) is 44.4 Å². The molecule has 16 heavy (non-hydrogen) atoms. The summed E-state index contributed by atoms with van der Waals surface area (Å²) in [6.07, 6.45) is 10.8. The fourth-order valence-electron chi connectivity index (χ4n) is 2.46. The van der Waals surface area contributed by atoms with Gasteiger partial charge in [-0.1, -0.05) is 19.3 Å². The summed E-state index contributed by atoms with van der Waals surface area (Å²) >= 11 is 0. The zero-order valence-electron chi connectivity index (χ0n) is 9.28. The Labute approximate surface area is 95.5 Å². The zero-order chi connectivity index (χ0) is 11.4. The molecule has 2 rings (SSSR count). The van der Waals surface area contributed by atoms with Gasteiger partial charge in [-0.15, -0.1) is 0 Å². The summed E-state index contributed by atoms with van der Waals surface area (Å²) < 4.78 is 0. The normalized spacial score (nSPS) is 17.2. The first-order chi connectivity index (χ1) is 7.77.